The third kappa shape index (κ3) is 3.58. The first-order chi connectivity index (χ1) is 13.0. The van der Waals surface area contributed by atoms with Crippen LogP contribution in [0.5, 0.6) is 0 Å². The molecule has 0 radical (unpaired) electrons. The van der Waals surface area contributed by atoms with Crippen molar-refractivity contribution in [2.24, 2.45) is 0 Å². The van der Waals surface area contributed by atoms with Crippen LogP contribution in [-0.2, 0) is 4.79 Å². The Morgan fingerprint density at radius 3 is 2.70 bits per heavy atom. The van der Waals surface area contributed by atoms with Gasteiger partial charge in [-0.15, -0.1) is 0 Å². The summed E-state index contributed by atoms with van der Waals surface area (Å²) in [5.74, 6) is 1.09. The SMILES string of the molecule is Cc1cccc(N2C(=O)/C(=C/c3ccc(-c4ccccc4Cl)o3)SC2=S)c1. The number of anilines is 1. The number of rotatable bonds is 3. The molecule has 1 aliphatic rings. The van der Waals surface area contributed by atoms with Crippen LogP contribution >= 0.6 is 35.6 Å². The number of thioether (sulfide) groups is 1. The van der Waals surface area contributed by atoms with Gasteiger partial charge in [0.1, 0.15) is 11.5 Å². The van der Waals surface area contributed by atoms with E-state index in [4.69, 9.17) is 28.2 Å². The zero-order valence-electron chi connectivity index (χ0n) is 14.3. The molecular formula is C21H14ClNO2S2. The molecule has 0 saturated carbocycles. The lowest BCUT2D eigenvalue weighted by molar-refractivity contribution is -0.113. The molecule has 134 valence electrons. The molecule has 4 rings (SSSR count). The number of carbonyl (C=O) groups excluding carboxylic acids is 1. The van der Waals surface area contributed by atoms with E-state index in [-0.39, 0.29) is 5.91 Å². The maximum absolute atomic E-state index is 12.8. The standard InChI is InChI=1S/C21H14ClNO2S2/c1-13-5-4-6-14(11-13)23-20(24)19(27-21(23)26)12-15-9-10-18(25-15)16-7-2-3-8-17(16)22/h2-12H,1H3/b19-12-. The highest BCUT2D eigenvalue weighted by Crippen LogP contribution is 2.37. The Hall–Kier alpha value is -2.34. The van der Waals surface area contributed by atoms with Crippen LogP contribution < -0.4 is 4.90 Å². The van der Waals surface area contributed by atoms with Crippen molar-refractivity contribution in [3.05, 3.63) is 81.9 Å². The first-order valence-electron chi connectivity index (χ1n) is 8.22. The van der Waals surface area contributed by atoms with Gasteiger partial charge < -0.3 is 4.42 Å². The maximum atomic E-state index is 12.8. The molecule has 1 aromatic heterocycles. The van der Waals surface area contributed by atoms with Crippen molar-refractivity contribution >= 4 is 57.6 Å². The van der Waals surface area contributed by atoms with Crippen molar-refractivity contribution in [2.45, 2.75) is 6.92 Å². The van der Waals surface area contributed by atoms with Crippen LogP contribution in [0, 0.1) is 6.92 Å². The monoisotopic (exact) mass is 411 g/mol. The third-order valence-electron chi connectivity index (χ3n) is 4.09. The predicted molar refractivity (Wildman–Crippen MR) is 116 cm³/mol. The predicted octanol–water partition coefficient (Wildman–Crippen LogP) is 6.31. The van der Waals surface area contributed by atoms with Gasteiger partial charge in [-0.2, -0.15) is 0 Å². The Labute approximate surface area is 171 Å². The molecule has 0 atom stereocenters. The fraction of sp³-hybridized carbons (Fsp3) is 0.0476. The molecule has 0 spiro atoms. The summed E-state index contributed by atoms with van der Waals surface area (Å²) in [6.07, 6.45) is 1.72. The fourth-order valence-corrected chi connectivity index (χ4v) is 4.33. The van der Waals surface area contributed by atoms with Gasteiger partial charge in [0.2, 0.25) is 0 Å². The number of benzene rings is 2. The van der Waals surface area contributed by atoms with Crippen molar-refractivity contribution in [1.82, 2.24) is 0 Å². The average Bonchev–Trinajstić information content (AvgIpc) is 3.20. The van der Waals surface area contributed by atoms with Crippen molar-refractivity contribution in [3.8, 4) is 11.3 Å². The van der Waals surface area contributed by atoms with Gasteiger partial charge in [-0.1, -0.05) is 59.8 Å². The minimum absolute atomic E-state index is 0.147. The largest absolute Gasteiger partial charge is 0.457 e. The second kappa shape index (κ2) is 7.35. The smallest absolute Gasteiger partial charge is 0.270 e. The van der Waals surface area contributed by atoms with Gasteiger partial charge in [-0.25, -0.2) is 0 Å². The fourth-order valence-electron chi connectivity index (χ4n) is 2.82. The van der Waals surface area contributed by atoms with Crippen LogP contribution in [0.2, 0.25) is 5.02 Å². The average molecular weight is 412 g/mol. The van der Waals surface area contributed by atoms with Crippen LogP contribution in [0.3, 0.4) is 0 Å². The van der Waals surface area contributed by atoms with E-state index in [1.807, 2.05) is 67.6 Å². The number of thiocarbonyl (C=S) groups is 1. The second-order valence-corrected chi connectivity index (χ2v) is 8.12. The highest BCUT2D eigenvalue weighted by Gasteiger charge is 2.33. The quantitative estimate of drug-likeness (QED) is 0.373. The van der Waals surface area contributed by atoms with Gasteiger partial charge >= 0.3 is 0 Å². The molecule has 1 amide bonds. The molecule has 1 saturated heterocycles. The Morgan fingerprint density at radius 2 is 1.93 bits per heavy atom. The summed E-state index contributed by atoms with van der Waals surface area (Å²) in [5, 5.41) is 0.615. The Morgan fingerprint density at radius 1 is 1.11 bits per heavy atom. The maximum Gasteiger partial charge on any atom is 0.270 e. The molecule has 2 aromatic carbocycles. The molecule has 0 N–H and O–H groups in total. The van der Waals surface area contributed by atoms with E-state index in [1.54, 1.807) is 11.0 Å². The Balaban J connectivity index is 1.63. The molecule has 6 heteroatoms. The lowest BCUT2D eigenvalue weighted by Gasteiger charge is -2.14. The number of furan rings is 1. The van der Waals surface area contributed by atoms with Gasteiger partial charge in [0.25, 0.3) is 5.91 Å². The lowest BCUT2D eigenvalue weighted by Crippen LogP contribution is -2.27. The van der Waals surface area contributed by atoms with Crippen LogP contribution in [0.4, 0.5) is 5.69 Å². The van der Waals surface area contributed by atoms with Gasteiger partial charge in [0, 0.05) is 11.6 Å². The van der Waals surface area contributed by atoms with Gasteiger partial charge in [-0.05, 0) is 48.9 Å². The first kappa shape index (κ1) is 18.0. The number of hydrogen-bond donors (Lipinski definition) is 0. The van der Waals surface area contributed by atoms with Crippen LogP contribution in [0.25, 0.3) is 17.4 Å². The first-order valence-corrected chi connectivity index (χ1v) is 9.82. The molecule has 1 fully saturated rings. The van der Waals surface area contributed by atoms with Crippen molar-refractivity contribution in [2.75, 3.05) is 4.90 Å². The second-order valence-electron chi connectivity index (χ2n) is 6.04. The topological polar surface area (TPSA) is 33.5 Å². The number of amides is 1. The highest BCUT2D eigenvalue weighted by atomic mass is 35.5. The highest BCUT2D eigenvalue weighted by molar-refractivity contribution is 8.27. The Bertz CT molecular complexity index is 1090. The Kier molecular flexibility index (Phi) is 4.91. The molecule has 0 unspecified atom stereocenters. The summed E-state index contributed by atoms with van der Waals surface area (Å²) < 4.78 is 6.38. The summed E-state index contributed by atoms with van der Waals surface area (Å²) in [6.45, 7) is 1.98. The van der Waals surface area contributed by atoms with E-state index >= 15 is 0 Å². The lowest BCUT2D eigenvalue weighted by atomic mass is 10.2. The van der Waals surface area contributed by atoms with E-state index < -0.39 is 0 Å². The van der Waals surface area contributed by atoms with Crippen molar-refractivity contribution in [3.63, 3.8) is 0 Å². The minimum atomic E-state index is -0.147. The van der Waals surface area contributed by atoms with Gasteiger partial charge in [-0.3, -0.25) is 9.69 Å². The van der Waals surface area contributed by atoms with E-state index in [9.17, 15) is 4.79 Å². The van der Waals surface area contributed by atoms with Crippen molar-refractivity contribution in [1.29, 1.82) is 0 Å². The summed E-state index contributed by atoms with van der Waals surface area (Å²) in [4.78, 5) is 14.9. The number of hydrogen-bond acceptors (Lipinski definition) is 4. The molecule has 27 heavy (non-hydrogen) atoms. The summed E-state index contributed by atoms with van der Waals surface area (Å²) in [6, 6.07) is 18.8. The minimum Gasteiger partial charge on any atom is -0.457 e. The number of halogens is 1. The summed E-state index contributed by atoms with van der Waals surface area (Å²) in [5.41, 5.74) is 2.66. The number of nitrogens with zero attached hydrogens (tertiary/aromatic N) is 1. The van der Waals surface area contributed by atoms with E-state index in [0.717, 1.165) is 16.8 Å². The summed E-state index contributed by atoms with van der Waals surface area (Å²) >= 11 is 12.9. The van der Waals surface area contributed by atoms with Crippen LogP contribution in [0.1, 0.15) is 11.3 Å². The molecular weight excluding hydrogens is 398 g/mol. The molecule has 0 aliphatic carbocycles. The van der Waals surface area contributed by atoms with E-state index in [0.29, 0.717) is 25.8 Å². The molecule has 3 aromatic rings. The summed E-state index contributed by atoms with van der Waals surface area (Å²) in [7, 11) is 0. The zero-order chi connectivity index (χ0) is 19.0. The zero-order valence-corrected chi connectivity index (χ0v) is 16.7. The van der Waals surface area contributed by atoms with Crippen LogP contribution in [0.15, 0.2) is 70.0 Å². The van der Waals surface area contributed by atoms with Gasteiger partial charge in [0.05, 0.1) is 15.6 Å². The molecule has 2 heterocycles. The van der Waals surface area contributed by atoms with Crippen molar-refractivity contribution < 1.29 is 9.21 Å². The van der Waals surface area contributed by atoms with E-state index in [1.165, 1.54) is 11.8 Å². The third-order valence-corrected chi connectivity index (χ3v) is 5.72. The molecule has 1 aliphatic heterocycles. The van der Waals surface area contributed by atoms with E-state index in [2.05, 4.69) is 0 Å². The van der Waals surface area contributed by atoms with Crippen LogP contribution in [-0.4, -0.2) is 10.2 Å². The molecule has 3 nitrogen and oxygen atoms in total. The normalized spacial score (nSPS) is 15.8. The molecule has 0 bridgehead atoms. The van der Waals surface area contributed by atoms with Gasteiger partial charge in [0.15, 0.2) is 4.32 Å². The number of aryl methyl sites for hydroxylation is 1. The number of carbonyl (C=O) groups is 1.